The zero-order chi connectivity index (χ0) is 24.3. The molecule has 9 nitrogen and oxygen atoms in total. The van der Waals surface area contributed by atoms with Crippen LogP contribution in [0.2, 0.25) is 0 Å². The van der Waals surface area contributed by atoms with Crippen molar-refractivity contribution in [1.29, 1.82) is 0 Å². The molecule has 0 aliphatic carbocycles. The highest BCUT2D eigenvalue weighted by Gasteiger charge is 2.29. The van der Waals surface area contributed by atoms with Gasteiger partial charge in [-0.05, 0) is 59.9 Å². The number of benzene rings is 2. The van der Waals surface area contributed by atoms with Gasteiger partial charge in [0.15, 0.2) is 5.82 Å². The first-order valence-corrected chi connectivity index (χ1v) is 11.6. The van der Waals surface area contributed by atoms with Crippen LogP contribution in [0.15, 0.2) is 42.7 Å². The number of H-pyrrole nitrogens is 2. The number of imidazole rings is 1. The summed E-state index contributed by atoms with van der Waals surface area (Å²) < 4.78 is 1.62. The molecule has 176 valence electrons. The number of nitrogens with one attached hydrogen (secondary N) is 2. The van der Waals surface area contributed by atoms with Crippen LogP contribution in [-0.4, -0.2) is 45.9 Å². The van der Waals surface area contributed by atoms with E-state index in [9.17, 15) is 9.90 Å². The average molecular weight is 468 g/mol. The second-order valence-electron chi connectivity index (χ2n) is 9.06. The molecule has 0 atom stereocenters. The molecule has 3 N–H and O–H groups in total. The van der Waals surface area contributed by atoms with Crippen molar-refractivity contribution < 1.29 is 9.90 Å². The van der Waals surface area contributed by atoms with E-state index in [1.807, 2.05) is 19.1 Å². The van der Waals surface area contributed by atoms with Gasteiger partial charge in [-0.1, -0.05) is 13.0 Å². The predicted octanol–water partition coefficient (Wildman–Crippen LogP) is 4.09. The number of carbonyl (C=O) groups excluding carboxylic acids is 1. The van der Waals surface area contributed by atoms with Crippen molar-refractivity contribution in [2.45, 2.75) is 33.4 Å². The second-order valence-corrected chi connectivity index (χ2v) is 9.06. The Morgan fingerprint density at radius 3 is 2.80 bits per heavy atom. The van der Waals surface area contributed by atoms with Crippen LogP contribution >= 0.6 is 0 Å². The summed E-state index contributed by atoms with van der Waals surface area (Å²) in [6.07, 6.45) is 4.13. The van der Waals surface area contributed by atoms with Crippen LogP contribution in [0.5, 0.6) is 5.75 Å². The molecule has 1 amide bonds. The van der Waals surface area contributed by atoms with Crippen molar-refractivity contribution in [3.63, 3.8) is 0 Å². The fourth-order valence-corrected chi connectivity index (χ4v) is 4.77. The number of rotatable bonds is 4. The molecule has 0 saturated carbocycles. The minimum Gasteiger partial charge on any atom is -0.508 e. The minimum absolute atomic E-state index is 0.0558. The summed E-state index contributed by atoms with van der Waals surface area (Å²) in [7, 11) is 1.79. The predicted molar refractivity (Wildman–Crippen MR) is 132 cm³/mol. The smallest absolute Gasteiger partial charge is 0.257 e. The molecule has 9 heteroatoms. The molecule has 5 aromatic rings. The van der Waals surface area contributed by atoms with E-state index < -0.39 is 0 Å². The first kappa shape index (κ1) is 21.2. The highest BCUT2D eigenvalue weighted by atomic mass is 16.3. The van der Waals surface area contributed by atoms with Crippen LogP contribution in [0.3, 0.4) is 0 Å². The molecule has 0 radical (unpaired) electrons. The number of aromatic amines is 2. The molecule has 0 bridgehead atoms. The summed E-state index contributed by atoms with van der Waals surface area (Å²) in [5.74, 6) is 0.957. The molecule has 35 heavy (non-hydrogen) atoms. The van der Waals surface area contributed by atoms with Gasteiger partial charge in [-0.25, -0.2) is 4.98 Å². The minimum atomic E-state index is -0.0558. The molecule has 2 aromatic carbocycles. The number of fused-ring (bicyclic) bond motifs is 2. The van der Waals surface area contributed by atoms with Crippen molar-refractivity contribution in [3.05, 3.63) is 70.8 Å². The van der Waals surface area contributed by atoms with E-state index in [4.69, 9.17) is 4.98 Å². The monoisotopic (exact) mass is 467 g/mol. The zero-order valence-corrected chi connectivity index (χ0v) is 19.8. The maximum atomic E-state index is 12.7. The second kappa shape index (κ2) is 7.83. The van der Waals surface area contributed by atoms with Gasteiger partial charge < -0.3 is 15.0 Å². The van der Waals surface area contributed by atoms with Gasteiger partial charge in [0, 0.05) is 18.6 Å². The van der Waals surface area contributed by atoms with E-state index in [0.29, 0.717) is 30.2 Å². The molecule has 3 aromatic heterocycles. The molecule has 0 saturated heterocycles. The maximum absolute atomic E-state index is 12.7. The summed E-state index contributed by atoms with van der Waals surface area (Å²) in [6, 6.07) is 10.1. The number of nitrogens with zero attached hydrogens (tertiary/aromatic N) is 5. The van der Waals surface area contributed by atoms with Gasteiger partial charge in [-0.15, -0.1) is 0 Å². The third-order valence-corrected chi connectivity index (χ3v) is 6.69. The van der Waals surface area contributed by atoms with Gasteiger partial charge in [-0.2, -0.15) is 10.2 Å². The highest BCUT2D eigenvalue weighted by molar-refractivity contribution is 5.95. The third-order valence-electron chi connectivity index (χ3n) is 6.69. The lowest BCUT2D eigenvalue weighted by Crippen LogP contribution is -2.25. The number of aryl methyl sites for hydroxylation is 3. The van der Waals surface area contributed by atoms with Crippen LogP contribution in [0.1, 0.15) is 39.8 Å². The fourth-order valence-electron chi connectivity index (χ4n) is 4.77. The van der Waals surface area contributed by atoms with Gasteiger partial charge in [0.1, 0.15) is 11.4 Å². The molecule has 0 fully saturated rings. The van der Waals surface area contributed by atoms with Crippen LogP contribution in [0.25, 0.3) is 33.5 Å². The number of hydrogen-bond donors (Lipinski definition) is 3. The van der Waals surface area contributed by atoms with Gasteiger partial charge in [0.05, 0.1) is 41.8 Å². The number of phenols is 1. The summed E-state index contributed by atoms with van der Waals surface area (Å²) in [4.78, 5) is 22.6. The van der Waals surface area contributed by atoms with E-state index in [0.717, 1.165) is 56.7 Å². The SMILES string of the molecule is CCc1cc(O)c(C)cc1-c1ccc2c(-c3nc4c([nH]3)CN(C(=O)c3cnn(C)c3)C4)n[nH]c2c1. The molecule has 4 heterocycles. The number of phenolic OH excluding ortho intramolecular Hbond substituents is 1. The van der Waals surface area contributed by atoms with Crippen molar-refractivity contribution in [3.8, 4) is 28.4 Å². The van der Waals surface area contributed by atoms with E-state index in [-0.39, 0.29) is 5.91 Å². The summed E-state index contributed by atoms with van der Waals surface area (Å²) in [6.45, 7) is 4.92. The lowest BCUT2D eigenvalue weighted by molar-refractivity contribution is 0.0748. The summed E-state index contributed by atoms with van der Waals surface area (Å²) >= 11 is 0. The van der Waals surface area contributed by atoms with Gasteiger partial charge >= 0.3 is 0 Å². The van der Waals surface area contributed by atoms with Crippen molar-refractivity contribution >= 4 is 16.8 Å². The number of aromatic hydroxyl groups is 1. The first-order valence-electron chi connectivity index (χ1n) is 11.6. The summed E-state index contributed by atoms with van der Waals surface area (Å²) in [5, 5.41) is 22.9. The van der Waals surface area contributed by atoms with E-state index in [2.05, 4.69) is 45.4 Å². The maximum Gasteiger partial charge on any atom is 0.257 e. The Balaban J connectivity index is 1.29. The quantitative estimate of drug-likeness (QED) is 0.368. The Bertz CT molecular complexity index is 1580. The molecular weight excluding hydrogens is 442 g/mol. The number of aromatic nitrogens is 6. The Morgan fingerprint density at radius 2 is 2.06 bits per heavy atom. The molecule has 0 spiro atoms. The number of hydrogen-bond acceptors (Lipinski definition) is 5. The van der Waals surface area contributed by atoms with Crippen molar-refractivity contribution in [1.82, 2.24) is 34.8 Å². The van der Waals surface area contributed by atoms with Crippen LogP contribution in [0, 0.1) is 6.92 Å². The lowest BCUT2D eigenvalue weighted by Gasteiger charge is -2.13. The Hall–Kier alpha value is -4.40. The Kier molecular flexibility index (Phi) is 4.73. The lowest BCUT2D eigenvalue weighted by atomic mass is 9.95. The average Bonchev–Trinajstić information content (AvgIpc) is 3.62. The normalized spacial score (nSPS) is 13.1. The molecule has 0 unspecified atom stereocenters. The van der Waals surface area contributed by atoms with Gasteiger partial charge in [0.25, 0.3) is 5.91 Å². The molecule has 1 aliphatic heterocycles. The molecule has 1 aliphatic rings. The number of carbonyl (C=O) groups is 1. The topological polar surface area (TPSA) is 116 Å². The van der Waals surface area contributed by atoms with Crippen molar-refractivity contribution in [2.75, 3.05) is 0 Å². The summed E-state index contributed by atoms with van der Waals surface area (Å²) in [5.41, 5.74) is 8.15. The van der Waals surface area contributed by atoms with Gasteiger partial charge in [0.2, 0.25) is 0 Å². The standard InChI is InChI=1S/C26H25N7O2/c1-4-15-9-23(34)14(2)7-19(15)16-5-6-18-20(8-16)30-31-24(18)25-28-21-12-33(13-22(21)29-25)26(35)17-10-27-32(3)11-17/h5-11,34H,4,12-13H2,1-3H3,(H,28,29)(H,30,31). The zero-order valence-electron chi connectivity index (χ0n) is 19.8. The molecule has 6 rings (SSSR count). The van der Waals surface area contributed by atoms with Crippen molar-refractivity contribution in [2.24, 2.45) is 7.05 Å². The van der Waals surface area contributed by atoms with Gasteiger partial charge in [-0.3, -0.25) is 14.6 Å². The Morgan fingerprint density at radius 1 is 1.20 bits per heavy atom. The van der Waals surface area contributed by atoms with E-state index in [1.54, 1.807) is 29.0 Å². The number of amides is 1. The fraction of sp³-hybridized carbons (Fsp3) is 0.231. The third kappa shape index (κ3) is 3.47. The van der Waals surface area contributed by atoms with E-state index >= 15 is 0 Å². The van der Waals surface area contributed by atoms with E-state index in [1.165, 1.54) is 0 Å². The Labute approximate surface area is 201 Å². The molecular formula is C26H25N7O2. The van der Waals surface area contributed by atoms with Crippen LogP contribution in [-0.2, 0) is 26.6 Å². The first-order chi connectivity index (χ1) is 16.9. The van der Waals surface area contributed by atoms with Crippen LogP contribution in [0.4, 0.5) is 0 Å². The highest BCUT2D eigenvalue weighted by Crippen LogP contribution is 2.34. The van der Waals surface area contributed by atoms with Crippen LogP contribution < -0.4 is 0 Å². The largest absolute Gasteiger partial charge is 0.508 e.